The Hall–Kier alpha value is -0.0500. The standard InChI is InChI=1S/C11H19ClN2/c1-2-3-4-13-5-6-14-8-10(12)7-11(14)9-13/h2-3,10-11H,4-9H2,1H3/b3-2+. The summed E-state index contributed by atoms with van der Waals surface area (Å²) in [6.45, 7) is 7.89. The topological polar surface area (TPSA) is 6.48 Å². The molecule has 0 amide bonds. The lowest BCUT2D eigenvalue weighted by molar-refractivity contribution is 0.114. The van der Waals surface area contributed by atoms with Crippen molar-refractivity contribution in [3.8, 4) is 0 Å². The highest BCUT2D eigenvalue weighted by molar-refractivity contribution is 6.21. The average Bonchev–Trinajstić information content (AvgIpc) is 2.54. The SMILES string of the molecule is C/C=C/CN1CCN2CC(Cl)CC2C1. The monoisotopic (exact) mass is 214 g/mol. The molecular formula is C11H19ClN2. The molecule has 0 bridgehead atoms. The molecule has 0 spiro atoms. The molecule has 2 aliphatic heterocycles. The van der Waals surface area contributed by atoms with Crippen LogP contribution in [0.4, 0.5) is 0 Å². The van der Waals surface area contributed by atoms with Gasteiger partial charge in [-0.1, -0.05) is 12.2 Å². The molecule has 14 heavy (non-hydrogen) atoms. The van der Waals surface area contributed by atoms with E-state index in [1.54, 1.807) is 0 Å². The highest BCUT2D eigenvalue weighted by atomic mass is 35.5. The first-order valence-corrected chi connectivity index (χ1v) is 5.95. The van der Waals surface area contributed by atoms with Gasteiger partial charge in [0.2, 0.25) is 0 Å². The molecule has 2 saturated heterocycles. The molecule has 2 nitrogen and oxygen atoms in total. The second kappa shape index (κ2) is 4.65. The maximum atomic E-state index is 6.16. The Morgan fingerprint density at radius 2 is 2.21 bits per heavy atom. The van der Waals surface area contributed by atoms with Crippen LogP contribution in [0.25, 0.3) is 0 Å². The molecule has 2 aliphatic rings. The van der Waals surface area contributed by atoms with Gasteiger partial charge in [0.25, 0.3) is 0 Å². The number of hydrogen-bond acceptors (Lipinski definition) is 2. The Bertz CT molecular complexity index is 217. The zero-order valence-corrected chi connectivity index (χ0v) is 9.58. The van der Waals surface area contributed by atoms with E-state index in [0.717, 1.165) is 19.1 Å². The zero-order chi connectivity index (χ0) is 9.97. The fourth-order valence-corrected chi connectivity index (χ4v) is 2.85. The average molecular weight is 215 g/mol. The van der Waals surface area contributed by atoms with Crippen molar-refractivity contribution >= 4 is 11.6 Å². The highest BCUT2D eigenvalue weighted by Crippen LogP contribution is 2.25. The van der Waals surface area contributed by atoms with E-state index in [-0.39, 0.29) is 0 Å². The third kappa shape index (κ3) is 2.30. The van der Waals surface area contributed by atoms with Gasteiger partial charge >= 0.3 is 0 Å². The van der Waals surface area contributed by atoms with Gasteiger partial charge in [-0.05, 0) is 13.3 Å². The molecular weight excluding hydrogens is 196 g/mol. The number of rotatable bonds is 2. The van der Waals surface area contributed by atoms with E-state index in [2.05, 4.69) is 28.9 Å². The number of alkyl halides is 1. The number of fused-ring (bicyclic) bond motifs is 1. The summed E-state index contributed by atoms with van der Waals surface area (Å²) in [5.41, 5.74) is 0. The summed E-state index contributed by atoms with van der Waals surface area (Å²) in [4.78, 5) is 5.07. The van der Waals surface area contributed by atoms with Gasteiger partial charge in [0.1, 0.15) is 0 Å². The zero-order valence-electron chi connectivity index (χ0n) is 8.82. The fourth-order valence-electron chi connectivity index (χ4n) is 2.47. The molecule has 0 aromatic heterocycles. The van der Waals surface area contributed by atoms with Crippen LogP contribution in [0.15, 0.2) is 12.2 Å². The lowest BCUT2D eigenvalue weighted by Crippen LogP contribution is -2.49. The Balaban J connectivity index is 1.85. The van der Waals surface area contributed by atoms with Crippen LogP contribution in [0.1, 0.15) is 13.3 Å². The van der Waals surface area contributed by atoms with Gasteiger partial charge in [-0.25, -0.2) is 0 Å². The Morgan fingerprint density at radius 3 is 3.00 bits per heavy atom. The lowest BCUT2D eigenvalue weighted by atomic mass is 10.1. The predicted molar refractivity (Wildman–Crippen MR) is 60.9 cm³/mol. The molecule has 2 rings (SSSR count). The van der Waals surface area contributed by atoms with E-state index < -0.39 is 0 Å². The van der Waals surface area contributed by atoms with Crippen LogP contribution >= 0.6 is 11.6 Å². The Kier molecular flexibility index (Phi) is 3.47. The van der Waals surface area contributed by atoms with Crippen molar-refractivity contribution < 1.29 is 0 Å². The normalized spacial score (nSPS) is 35.3. The van der Waals surface area contributed by atoms with E-state index in [9.17, 15) is 0 Å². The first kappa shape index (κ1) is 10.5. The molecule has 0 N–H and O–H groups in total. The van der Waals surface area contributed by atoms with E-state index in [0.29, 0.717) is 5.38 Å². The third-order valence-corrected chi connectivity index (χ3v) is 3.56. The van der Waals surface area contributed by atoms with Crippen molar-refractivity contribution in [2.45, 2.75) is 24.8 Å². The van der Waals surface area contributed by atoms with Crippen LogP contribution in [0.2, 0.25) is 0 Å². The largest absolute Gasteiger partial charge is 0.297 e. The van der Waals surface area contributed by atoms with Gasteiger partial charge in [0, 0.05) is 44.1 Å². The molecule has 0 aromatic rings. The number of hydrogen-bond donors (Lipinski definition) is 0. The van der Waals surface area contributed by atoms with Crippen molar-refractivity contribution in [2.75, 3.05) is 32.7 Å². The summed E-state index contributed by atoms with van der Waals surface area (Å²) >= 11 is 6.16. The summed E-state index contributed by atoms with van der Waals surface area (Å²) in [5, 5.41) is 0.390. The maximum absolute atomic E-state index is 6.16. The highest BCUT2D eigenvalue weighted by Gasteiger charge is 2.34. The molecule has 2 heterocycles. The number of nitrogens with zero attached hydrogens (tertiary/aromatic N) is 2. The molecule has 0 aliphatic carbocycles. The van der Waals surface area contributed by atoms with Crippen molar-refractivity contribution in [2.24, 2.45) is 0 Å². The number of halogens is 1. The van der Waals surface area contributed by atoms with Crippen molar-refractivity contribution in [1.82, 2.24) is 9.80 Å². The lowest BCUT2D eigenvalue weighted by Gasteiger charge is -2.36. The van der Waals surface area contributed by atoms with E-state index >= 15 is 0 Å². The van der Waals surface area contributed by atoms with Gasteiger partial charge in [-0.3, -0.25) is 9.80 Å². The minimum Gasteiger partial charge on any atom is -0.297 e. The quantitative estimate of drug-likeness (QED) is 0.509. The minimum absolute atomic E-state index is 0.390. The van der Waals surface area contributed by atoms with Crippen molar-refractivity contribution in [3.05, 3.63) is 12.2 Å². The minimum atomic E-state index is 0.390. The van der Waals surface area contributed by atoms with E-state index in [4.69, 9.17) is 11.6 Å². The molecule has 2 fully saturated rings. The van der Waals surface area contributed by atoms with Gasteiger partial charge in [-0.2, -0.15) is 0 Å². The van der Waals surface area contributed by atoms with Gasteiger partial charge in [-0.15, -0.1) is 11.6 Å². The molecule has 0 aromatic carbocycles. The van der Waals surface area contributed by atoms with Crippen LogP contribution in [-0.4, -0.2) is 53.9 Å². The van der Waals surface area contributed by atoms with Gasteiger partial charge in [0.05, 0.1) is 0 Å². The Labute approximate surface area is 91.5 Å². The first-order chi connectivity index (χ1) is 6.79. The second-order valence-corrected chi connectivity index (χ2v) is 4.93. The van der Waals surface area contributed by atoms with Crippen molar-refractivity contribution in [1.29, 1.82) is 0 Å². The molecule has 3 heteroatoms. The van der Waals surface area contributed by atoms with Crippen LogP contribution in [0.3, 0.4) is 0 Å². The molecule has 2 atom stereocenters. The molecule has 80 valence electrons. The van der Waals surface area contributed by atoms with E-state index in [1.165, 1.54) is 26.1 Å². The Morgan fingerprint density at radius 1 is 1.36 bits per heavy atom. The van der Waals surface area contributed by atoms with Crippen LogP contribution in [-0.2, 0) is 0 Å². The van der Waals surface area contributed by atoms with Crippen LogP contribution in [0, 0.1) is 0 Å². The predicted octanol–water partition coefficient (Wildman–Crippen LogP) is 1.56. The number of allylic oxidation sites excluding steroid dienone is 1. The summed E-state index contributed by atoms with van der Waals surface area (Å²) in [7, 11) is 0. The summed E-state index contributed by atoms with van der Waals surface area (Å²) in [6.07, 6.45) is 5.54. The molecule has 2 unspecified atom stereocenters. The van der Waals surface area contributed by atoms with Crippen LogP contribution < -0.4 is 0 Å². The van der Waals surface area contributed by atoms with Gasteiger partial charge < -0.3 is 0 Å². The fraction of sp³-hybridized carbons (Fsp3) is 0.818. The maximum Gasteiger partial charge on any atom is 0.0478 e. The van der Waals surface area contributed by atoms with Gasteiger partial charge in [0.15, 0.2) is 0 Å². The first-order valence-electron chi connectivity index (χ1n) is 5.51. The van der Waals surface area contributed by atoms with Crippen molar-refractivity contribution in [3.63, 3.8) is 0 Å². The van der Waals surface area contributed by atoms with E-state index in [1.807, 2.05) is 0 Å². The summed E-state index contributed by atoms with van der Waals surface area (Å²) in [5.74, 6) is 0. The molecule has 0 radical (unpaired) electrons. The summed E-state index contributed by atoms with van der Waals surface area (Å²) < 4.78 is 0. The smallest absolute Gasteiger partial charge is 0.0478 e. The second-order valence-electron chi connectivity index (χ2n) is 4.31. The van der Waals surface area contributed by atoms with Crippen LogP contribution in [0.5, 0.6) is 0 Å². The third-order valence-electron chi connectivity index (χ3n) is 3.25. The number of piperazine rings is 1. The molecule has 0 saturated carbocycles. The summed E-state index contributed by atoms with van der Waals surface area (Å²) in [6, 6.07) is 0.719.